The zero-order chi connectivity index (χ0) is 16.9. The Morgan fingerprint density at radius 2 is 1.62 bits per heavy atom. The van der Waals surface area contributed by atoms with Gasteiger partial charge in [0.25, 0.3) is 0 Å². The monoisotopic (exact) mass is 318 g/mol. The van der Waals surface area contributed by atoms with Crippen LogP contribution in [0.2, 0.25) is 0 Å². The van der Waals surface area contributed by atoms with Gasteiger partial charge in [0.05, 0.1) is 5.69 Å². The van der Waals surface area contributed by atoms with E-state index in [2.05, 4.69) is 31.0 Å². The molecule has 1 aromatic heterocycles. The van der Waals surface area contributed by atoms with Crippen molar-refractivity contribution in [2.75, 3.05) is 0 Å². The molecule has 0 saturated carbocycles. The quantitative estimate of drug-likeness (QED) is 0.683. The fraction of sp³-hybridized carbons (Fsp3) is 0.238. The molecule has 0 radical (unpaired) electrons. The second kappa shape index (κ2) is 7.26. The summed E-state index contributed by atoms with van der Waals surface area (Å²) in [5.41, 5.74) is 3.03. The minimum atomic E-state index is -0.0646. The number of benzene rings is 2. The molecule has 0 N–H and O–H groups in total. The highest BCUT2D eigenvalue weighted by Gasteiger charge is 2.24. The van der Waals surface area contributed by atoms with Gasteiger partial charge in [-0.15, -0.1) is 0 Å². The molecular formula is C21H22N2O. The summed E-state index contributed by atoms with van der Waals surface area (Å²) in [7, 11) is 0. The summed E-state index contributed by atoms with van der Waals surface area (Å²) in [5.74, 6) is 0.300. The van der Waals surface area contributed by atoms with Crippen molar-refractivity contribution in [2.24, 2.45) is 11.8 Å². The van der Waals surface area contributed by atoms with Crippen LogP contribution in [0.1, 0.15) is 24.2 Å². The lowest BCUT2D eigenvalue weighted by Gasteiger charge is -2.19. The molecule has 0 spiro atoms. The van der Waals surface area contributed by atoms with Crippen molar-refractivity contribution < 1.29 is 4.79 Å². The molecular weight excluding hydrogens is 296 g/mol. The van der Waals surface area contributed by atoms with Gasteiger partial charge in [0.2, 0.25) is 5.91 Å². The summed E-state index contributed by atoms with van der Waals surface area (Å²) in [5, 5.41) is 0. The average molecular weight is 318 g/mol. The fourth-order valence-corrected chi connectivity index (χ4v) is 2.87. The summed E-state index contributed by atoms with van der Waals surface area (Å²) in [4.78, 5) is 17.4. The molecule has 1 unspecified atom stereocenters. The SMILES string of the molecule is CC(C)C(Cc1ccccc1)C(=O)n1cnc(-c2ccccc2)c1. The maximum atomic E-state index is 13.0. The van der Waals surface area contributed by atoms with Crippen LogP contribution in [0.3, 0.4) is 0 Å². The number of hydrogen-bond donors (Lipinski definition) is 0. The van der Waals surface area contributed by atoms with Crippen molar-refractivity contribution >= 4 is 5.91 Å². The third-order valence-electron chi connectivity index (χ3n) is 4.33. The first-order chi connectivity index (χ1) is 11.6. The van der Waals surface area contributed by atoms with Gasteiger partial charge in [0.15, 0.2) is 0 Å². The molecule has 1 heterocycles. The van der Waals surface area contributed by atoms with Gasteiger partial charge in [-0.05, 0) is 17.9 Å². The number of aromatic nitrogens is 2. The highest BCUT2D eigenvalue weighted by atomic mass is 16.2. The van der Waals surface area contributed by atoms with Crippen molar-refractivity contribution in [2.45, 2.75) is 20.3 Å². The minimum Gasteiger partial charge on any atom is -0.275 e. The topological polar surface area (TPSA) is 34.9 Å². The molecule has 24 heavy (non-hydrogen) atoms. The van der Waals surface area contributed by atoms with Crippen LogP contribution in [0.25, 0.3) is 11.3 Å². The fourth-order valence-electron chi connectivity index (χ4n) is 2.87. The number of carbonyl (C=O) groups is 1. The van der Waals surface area contributed by atoms with Gasteiger partial charge in [0.1, 0.15) is 6.33 Å². The lowest BCUT2D eigenvalue weighted by Crippen LogP contribution is -2.27. The number of hydrogen-bond acceptors (Lipinski definition) is 2. The lowest BCUT2D eigenvalue weighted by molar-refractivity contribution is 0.0796. The number of carbonyl (C=O) groups excluding carboxylic acids is 1. The van der Waals surface area contributed by atoms with E-state index >= 15 is 0 Å². The predicted molar refractivity (Wildman–Crippen MR) is 96.8 cm³/mol. The molecule has 122 valence electrons. The Kier molecular flexibility index (Phi) is 4.90. The molecule has 3 rings (SSSR count). The Morgan fingerprint density at radius 3 is 2.25 bits per heavy atom. The van der Waals surface area contributed by atoms with Gasteiger partial charge < -0.3 is 0 Å². The zero-order valence-corrected chi connectivity index (χ0v) is 14.1. The molecule has 3 aromatic rings. The van der Waals surface area contributed by atoms with Crippen molar-refractivity contribution in [1.29, 1.82) is 0 Å². The average Bonchev–Trinajstić information content (AvgIpc) is 3.11. The molecule has 1 atom stereocenters. The molecule has 0 bridgehead atoms. The number of imidazole rings is 1. The van der Waals surface area contributed by atoms with Crippen molar-refractivity contribution in [3.05, 3.63) is 78.8 Å². The third-order valence-corrected chi connectivity index (χ3v) is 4.33. The Balaban J connectivity index is 1.82. The molecule has 3 heteroatoms. The Hall–Kier alpha value is -2.68. The van der Waals surface area contributed by atoms with Crippen LogP contribution in [0.5, 0.6) is 0 Å². The maximum Gasteiger partial charge on any atom is 0.235 e. The van der Waals surface area contributed by atoms with Gasteiger partial charge in [-0.3, -0.25) is 9.36 Å². The summed E-state index contributed by atoms with van der Waals surface area (Å²) >= 11 is 0. The molecule has 0 saturated heterocycles. The smallest absolute Gasteiger partial charge is 0.235 e. The maximum absolute atomic E-state index is 13.0. The summed E-state index contributed by atoms with van der Waals surface area (Å²) in [6, 6.07) is 20.1. The second-order valence-electron chi connectivity index (χ2n) is 6.41. The van der Waals surface area contributed by atoms with Crippen LogP contribution in [-0.2, 0) is 6.42 Å². The van der Waals surface area contributed by atoms with E-state index in [1.54, 1.807) is 10.9 Å². The van der Waals surface area contributed by atoms with Gasteiger partial charge >= 0.3 is 0 Å². The van der Waals surface area contributed by atoms with Crippen LogP contribution in [-0.4, -0.2) is 15.5 Å². The van der Waals surface area contributed by atoms with Crippen LogP contribution >= 0.6 is 0 Å². The minimum absolute atomic E-state index is 0.0646. The first-order valence-electron chi connectivity index (χ1n) is 8.32. The first-order valence-corrected chi connectivity index (χ1v) is 8.32. The van der Waals surface area contributed by atoms with Crippen molar-refractivity contribution in [3.63, 3.8) is 0 Å². The van der Waals surface area contributed by atoms with E-state index in [9.17, 15) is 4.79 Å². The van der Waals surface area contributed by atoms with Crippen molar-refractivity contribution in [3.8, 4) is 11.3 Å². The zero-order valence-electron chi connectivity index (χ0n) is 14.1. The molecule has 0 aliphatic carbocycles. The highest BCUT2D eigenvalue weighted by Crippen LogP contribution is 2.22. The van der Waals surface area contributed by atoms with E-state index in [1.165, 1.54) is 5.56 Å². The number of rotatable bonds is 5. The van der Waals surface area contributed by atoms with E-state index in [0.717, 1.165) is 17.7 Å². The number of nitrogens with zero attached hydrogens (tertiary/aromatic N) is 2. The van der Waals surface area contributed by atoms with Crippen LogP contribution < -0.4 is 0 Å². The molecule has 0 fully saturated rings. The van der Waals surface area contributed by atoms with Gasteiger partial charge in [-0.1, -0.05) is 74.5 Å². The van der Waals surface area contributed by atoms with Crippen LogP contribution in [0, 0.1) is 11.8 Å². The van der Waals surface area contributed by atoms with E-state index in [1.807, 2.05) is 54.7 Å². The molecule has 3 nitrogen and oxygen atoms in total. The molecule has 2 aromatic carbocycles. The largest absolute Gasteiger partial charge is 0.275 e. The van der Waals surface area contributed by atoms with Gasteiger partial charge in [-0.25, -0.2) is 4.98 Å². The highest BCUT2D eigenvalue weighted by molar-refractivity contribution is 5.82. The standard InChI is InChI=1S/C21H22N2O/c1-16(2)19(13-17-9-5-3-6-10-17)21(24)23-14-20(22-15-23)18-11-7-4-8-12-18/h3-12,14-16,19H,13H2,1-2H3. The van der Waals surface area contributed by atoms with E-state index in [-0.39, 0.29) is 17.7 Å². The predicted octanol–water partition coefficient (Wildman–Crippen LogP) is 4.71. The Labute approximate surface area is 143 Å². The lowest BCUT2D eigenvalue weighted by atomic mass is 9.88. The second-order valence-corrected chi connectivity index (χ2v) is 6.41. The van der Waals surface area contributed by atoms with Crippen molar-refractivity contribution in [1.82, 2.24) is 9.55 Å². The Morgan fingerprint density at radius 1 is 1.00 bits per heavy atom. The molecule has 0 aliphatic heterocycles. The first kappa shape index (κ1) is 16.2. The van der Waals surface area contributed by atoms with Gasteiger partial charge in [0, 0.05) is 17.7 Å². The van der Waals surface area contributed by atoms with E-state index < -0.39 is 0 Å². The molecule has 0 amide bonds. The Bertz CT molecular complexity index is 791. The van der Waals surface area contributed by atoms with Crippen LogP contribution in [0.4, 0.5) is 0 Å². The van der Waals surface area contributed by atoms with Crippen LogP contribution in [0.15, 0.2) is 73.2 Å². The summed E-state index contributed by atoms with van der Waals surface area (Å²) < 4.78 is 1.63. The van der Waals surface area contributed by atoms with E-state index in [4.69, 9.17) is 0 Å². The third kappa shape index (κ3) is 3.62. The normalized spacial score (nSPS) is 12.3. The molecule has 0 aliphatic rings. The van der Waals surface area contributed by atoms with E-state index in [0.29, 0.717) is 0 Å². The van der Waals surface area contributed by atoms with Gasteiger partial charge in [-0.2, -0.15) is 0 Å². The summed E-state index contributed by atoms with van der Waals surface area (Å²) in [6.45, 7) is 4.20. The summed E-state index contributed by atoms with van der Waals surface area (Å²) in [6.07, 6.45) is 4.21.